The Labute approximate surface area is 155 Å². The van der Waals surface area contributed by atoms with Gasteiger partial charge in [0, 0.05) is 18.5 Å². The van der Waals surface area contributed by atoms with E-state index in [1.165, 1.54) is 0 Å². The largest absolute Gasteiger partial charge is 0.387 e. The molecule has 5 nitrogen and oxygen atoms in total. The lowest BCUT2D eigenvalue weighted by atomic mass is 9.76. The molecule has 140 valence electrons. The van der Waals surface area contributed by atoms with Crippen LogP contribution in [0.4, 0.5) is 0 Å². The van der Waals surface area contributed by atoms with Gasteiger partial charge in [0.1, 0.15) is 5.76 Å². The summed E-state index contributed by atoms with van der Waals surface area (Å²) in [6.45, 7) is 9.07. The van der Waals surface area contributed by atoms with Crippen LogP contribution in [0.15, 0.2) is 28.8 Å². The average Bonchev–Trinajstić information content (AvgIpc) is 3.01. The summed E-state index contributed by atoms with van der Waals surface area (Å²) < 4.78 is 5.44. The quantitative estimate of drug-likeness (QED) is 0.887. The van der Waals surface area contributed by atoms with Gasteiger partial charge in [-0.3, -0.25) is 4.79 Å². The Balaban J connectivity index is 1.78. The van der Waals surface area contributed by atoms with Gasteiger partial charge in [-0.2, -0.15) is 0 Å². The molecule has 3 rings (SSSR count). The number of aliphatic hydroxyl groups excluding tert-OH is 1. The summed E-state index contributed by atoms with van der Waals surface area (Å²) in [6, 6.07) is 7.73. The van der Waals surface area contributed by atoms with Gasteiger partial charge in [-0.1, -0.05) is 48.8 Å². The number of carbonyl (C=O) groups excluding carboxylic acids is 1. The summed E-state index contributed by atoms with van der Waals surface area (Å²) in [5, 5.41) is 14.6. The predicted octanol–water partition coefficient (Wildman–Crippen LogP) is 3.69. The minimum Gasteiger partial charge on any atom is -0.387 e. The van der Waals surface area contributed by atoms with Crippen LogP contribution in [0, 0.1) is 12.3 Å². The van der Waals surface area contributed by atoms with Gasteiger partial charge in [-0.15, -0.1) is 0 Å². The molecule has 1 aromatic heterocycles. The Morgan fingerprint density at radius 1 is 1.35 bits per heavy atom. The van der Waals surface area contributed by atoms with Crippen LogP contribution in [0.3, 0.4) is 0 Å². The molecule has 1 aromatic carbocycles. The maximum Gasteiger partial charge on any atom is 0.276 e. The van der Waals surface area contributed by atoms with Crippen LogP contribution in [0.5, 0.6) is 0 Å². The van der Waals surface area contributed by atoms with Gasteiger partial charge >= 0.3 is 0 Å². The highest BCUT2D eigenvalue weighted by Crippen LogP contribution is 2.36. The summed E-state index contributed by atoms with van der Waals surface area (Å²) >= 11 is 0. The molecular weight excluding hydrogens is 328 g/mol. The van der Waals surface area contributed by atoms with Crippen molar-refractivity contribution < 1.29 is 14.4 Å². The number of aromatic nitrogens is 1. The summed E-state index contributed by atoms with van der Waals surface area (Å²) in [4.78, 5) is 14.7. The first kappa shape index (κ1) is 18.6. The number of carbonyl (C=O) groups is 1. The number of hydrogen-bond donors (Lipinski definition) is 1. The smallest absolute Gasteiger partial charge is 0.276 e. The third-order valence-electron chi connectivity index (χ3n) is 5.28. The molecule has 1 N–H and O–H groups in total. The van der Waals surface area contributed by atoms with Crippen molar-refractivity contribution >= 4 is 5.91 Å². The van der Waals surface area contributed by atoms with Crippen molar-refractivity contribution in [3.8, 4) is 0 Å². The number of nitrogens with zero attached hydrogens (tertiary/aromatic N) is 2. The lowest BCUT2D eigenvalue weighted by molar-refractivity contribution is 0.0624. The molecule has 0 fully saturated rings. The number of likely N-dealkylation sites (N-methyl/N-ethyl adjacent to an activating group) is 1. The van der Waals surface area contributed by atoms with Gasteiger partial charge in [0.05, 0.1) is 12.6 Å². The number of amides is 1. The second kappa shape index (κ2) is 7.23. The molecule has 2 aromatic rings. The monoisotopic (exact) mass is 356 g/mol. The van der Waals surface area contributed by atoms with E-state index in [-0.39, 0.29) is 17.9 Å². The molecule has 1 aliphatic carbocycles. The van der Waals surface area contributed by atoms with E-state index in [0.717, 1.165) is 41.7 Å². The third kappa shape index (κ3) is 3.83. The zero-order chi connectivity index (χ0) is 18.9. The van der Waals surface area contributed by atoms with Crippen LogP contribution < -0.4 is 0 Å². The first-order chi connectivity index (χ1) is 12.3. The van der Waals surface area contributed by atoms with Crippen molar-refractivity contribution in [1.29, 1.82) is 0 Å². The SMILES string of the molecule is CCN(C[C@H](O)c1ccc(C)cc1)C(=O)c1noc2c1CC(C)(C)CC2. The Kier molecular flexibility index (Phi) is 5.19. The molecule has 0 aliphatic heterocycles. The summed E-state index contributed by atoms with van der Waals surface area (Å²) in [5.74, 6) is 0.671. The topological polar surface area (TPSA) is 66.6 Å². The molecule has 5 heteroatoms. The average molecular weight is 356 g/mol. The van der Waals surface area contributed by atoms with Crippen LogP contribution in [0.2, 0.25) is 0 Å². The van der Waals surface area contributed by atoms with E-state index in [1.54, 1.807) is 4.90 Å². The predicted molar refractivity (Wildman–Crippen MR) is 100 cm³/mol. The Morgan fingerprint density at radius 2 is 2.04 bits per heavy atom. The van der Waals surface area contributed by atoms with Crippen molar-refractivity contribution in [1.82, 2.24) is 10.1 Å². The first-order valence-corrected chi connectivity index (χ1v) is 9.32. The summed E-state index contributed by atoms with van der Waals surface area (Å²) in [5.41, 5.74) is 3.44. The van der Waals surface area contributed by atoms with E-state index in [0.29, 0.717) is 12.2 Å². The Hall–Kier alpha value is -2.14. The van der Waals surface area contributed by atoms with Gasteiger partial charge in [0.15, 0.2) is 5.69 Å². The van der Waals surface area contributed by atoms with E-state index in [2.05, 4.69) is 19.0 Å². The second-order valence-corrected chi connectivity index (χ2v) is 8.04. The van der Waals surface area contributed by atoms with E-state index in [4.69, 9.17) is 4.52 Å². The zero-order valence-corrected chi connectivity index (χ0v) is 16.1. The van der Waals surface area contributed by atoms with Gasteiger partial charge in [0.2, 0.25) is 0 Å². The van der Waals surface area contributed by atoms with Crippen LogP contribution in [0.25, 0.3) is 0 Å². The lowest BCUT2D eigenvalue weighted by Gasteiger charge is -2.29. The summed E-state index contributed by atoms with van der Waals surface area (Å²) in [7, 11) is 0. The van der Waals surface area contributed by atoms with E-state index in [9.17, 15) is 9.90 Å². The normalized spacial score (nSPS) is 16.8. The third-order valence-corrected chi connectivity index (χ3v) is 5.28. The van der Waals surface area contributed by atoms with E-state index in [1.807, 2.05) is 38.1 Å². The minimum absolute atomic E-state index is 0.145. The number of hydrogen-bond acceptors (Lipinski definition) is 4. The molecular formula is C21H28N2O3. The molecule has 1 atom stereocenters. The van der Waals surface area contributed by atoms with Crippen molar-refractivity contribution in [3.05, 3.63) is 52.4 Å². The molecule has 1 heterocycles. The Morgan fingerprint density at radius 3 is 2.69 bits per heavy atom. The number of aryl methyl sites for hydroxylation is 2. The zero-order valence-electron chi connectivity index (χ0n) is 16.1. The van der Waals surface area contributed by atoms with Crippen molar-refractivity contribution in [2.75, 3.05) is 13.1 Å². The van der Waals surface area contributed by atoms with Gasteiger partial charge in [-0.25, -0.2) is 0 Å². The highest BCUT2D eigenvalue weighted by molar-refractivity contribution is 5.94. The highest BCUT2D eigenvalue weighted by atomic mass is 16.5. The minimum atomic E-state index is -0.723. The van der Waals surface area contributed by atoms with Crippen LogP contribution in [-0.2, 0) is 12.8 Å². The van der Waals surface area contributed by atoms with Gasteiger partial charge in [0.25, 0.3) is 5.91 Å². The van der Waals surface area contributed by atoms with Crippen molar-refractivity contribution in [2.45, 2.75) is 53.1 Å². The van der Waals surface area contributed by atoms with Crippen LogP contribution in [-0.4, -0.2) is 34.2 Å². The van der Waals surface area contributed by atoms with Crippen LogP contribution in [0.1, 0.15) is 66.2 Å². The van der Waals surface area contributed by atoms with Gasteiger partial charge in [-0.05, 0) is 37.7 Å². The maximum absolute atomic E-state index is 13.0. The molecule has 1 amide bonds. The van der Waals surface area contributed by atoms with Crippen molar-refractivity contribution in [2.24, 2.45) is 5.41 Å². The number of aliphatic hydroxyl groups is 1. The van der Waals surface area contributed by atoms with Crippen LogP contribution >= 0.6 is 0 Å². The molecule has 26 heavy (non-hydrogen) atoms. The van der Waals surface area contributed by atoms with Crippen molar-refractivity contribution in [3.63, 3.8) is 0 Å². The molecule has 0 unspecified atom stereocenters. The molecule has 0 saturated heterocycles. The number of benzene rings is 1. The Bertz CT molecular complexity index is 777. The second-order valence-electron chi connectivity index (χ2n) is 8.04. The van der Waals surface area contributed by atoms with E-state index < -0.39 is 6.10 Å². The number of fused-ring (bicyclic) bond motifs is 1. The molecule has 1 aliphatic rings. The number of rotatable bonds is 5. The van der Waals surface area contributed by atoms with E-state index >= 15 is 0 Å². The fourth-order valence-corrected chi connectivity index (χ4v) is 3.52. The fourth-order valence-electron chi connectivity index (χ4n) is 3.52. The summed E-state index contributed by atoms with van der Waals surface area (Å²) in [6.07, 6.45) is 1.93. The lowest BCUT2D eigenvalue weighted by Crippen LogP contribution is -2.36. The molecule has 0 bridgehead atoms. The molecule has 0 spiro atoms. The molecule has 0 radical (unpaired) electrons. The van der Waals surface area contributed by atoms with Gasteiger partial charge < -0.3 is 14.5 Å². The standard InChI is InChI=1S/C21H28N2O3/c1-5-23(13-17(24)15-8-6-14(2)7-9-15)20(25)19-16-12-21(3,4)11-10-18(16)26-22-19/h6-9,17,24H,5,10-13H2,1-4H3/t17-/m0/s1. The highest BCUT2D eigenvalue weighted by Gasteiger charge is 2.34. The fraction of sp³-hybridized carbons (Fsp3) is 0.524. The first-order valence-electron chi connectivity index (χ1n) is 9.32. The molecule has 0 saturated carbocycles. The maximum atomic E-state index is 13.0.